The first-order valence-corrected chi connectivity index (χ1v) is 5.81. The van der Waals surface area contributed by atoms with Crippen LogP contribution in [0.3, 0.4) is 0 Å². The second kappa shape index (κ2) is 5.03. The normalized spacial score (nSPS) is 20.4. The number of rotatable bonds is 2. The summed E-state index contributed by atoms with van der Waals surface area (Å²) >= 11 is 0. The minimum atomic E-state index is -0.0640. The van der Waals surface area contributed by atoms with Gasteiger partial charge in [0, 0.05) is 25.4 Å². The Hall–Kier alpha value is -1.78. The molecule has 5 nitrogen and oxygen atoms in total. The number of Topliss-reactive ketones (excluding diaryl/α,β-unsaturated/α-hetero) is 1. The van der Waals surface area contributed by atoms with Crippen LogP contribution in [0.1, 0.15) is 30.1 Å². The number of aromatic nitrogens is 2. The molecule has 0 aromatic carbocycles. The van der Waals surface area contributed by atoms with Crippen molar-refractivity contribution in [1.82, 2.24) is 15.1 Å². The smallest absolute Gasteiger partial charge is 0.255 e. The van der Waals surface area contributed by atoms with E-state index in [0.717, 1.165) is 6.42 Å². The highest BCUT2D eigenvalue weighted by Crippen LogP contribution is 2.17. The lowest BCUT2D eigenvalue weighted by Crippen LogP contribution is -2.43. The molecule has 1 atom stereocenters. The lowest BCUT2D eigenvalue weighted by atomic mass is 9.94. The zero-order chi connectivity index (χ0) is 12.3. The SMILES string of the molecule is CCC1CN(C(=O)c2ccnnc2)CCC1=O. The van der Waals surface area contributed by atoms with Gasteiger partial charge in [-0.1, -0.05) is 6.92 Å². The van der Waals surface area contributed by atoms with Gasteiger partial charge < -0.3 is 4.90 Å². The Morgan fingerprint density at radius 2 is 2.35 bits per heavy atom. The molecule has 0 radical (unpaired) electrons. The first-order chi connectivity index (χ1) is 8.22. The summed E-state index contributed by atoms with van der Waals surface area (Å²) in [5.41, 5.74) is 0.532. The van der Waals surface area contributed by atoms with E-state index in [-0.39, 0.29) is 17.6 Å². The molecule has 1 aliphatic heterocycles. The van der Waals surface area contributed by atoms with Crippen LogP contribution in [-0.2, 0) is 4.79 Å². The summed E-state index contributed by atoms with van der Waals surface area (Å²) in [6, 6.07) is 1.65. The Kier molecular flexibility index (Phi) is 3.46. The molecule has 0 aliphatic carbocycles. The van der Waals surface area contributed by atoms with Crippen molar-refractivity contribution in [2.45, 2.75) is 19.8 Å². The second-order valence-electron chi connectivity index (χ2n) is 4.20. The summed E-state index contributed by atoms with van der Waals surface area (Å²) in [6.07, 6.45) is 4.21. The number of nitrogens with zero attached hydrogens (tertiary/aromatic N) is 3. The maximum Gasteiger partial charge on any atom is 0.255 e. The van der Waals surface area contributed by atoms with Crippen LogP contribution in [0.2, 0.25) is 0 Å². The lowest BCUT2D eigenvalue weighted by molar-refractivity contribution is -0.125. The highest BCUT2D eigenvalue weighted by molar-refractivity contribution is 5.95. The highest BCUT2D eigenvalue weighted by atomic mass is 16.2. The van der Waals surface area contributed by atoms with Gasteiger partial charge in [0.25, 0.3) is 5.91 Å². The van der Waals surface area contributed by atoms with Crippen LogP contribution in [0.4, 0.5) is 0 Å². The maximum absolute atomic E-state index is 12.1. The Morgan fingerprint density at radius 3 is 3.00 bits per heavy atom. The van der Waals surface area contributed by atoms with E-state index in [4.69, 9.17) is 0 Å². The molecule has 1 aromatic rings. The van der Waals surface area contributed by atoms with E-state index in [1.165, 1.54) is 12.4 Å². The third-order valence-corrected chi connectivity index (χ3v) is 3.14. The van der Waals surface area contributed by atoms with E-state index < -0.39 is 0 Å². The van der Waals surface area contributed by atoms with Crippen LogP contribution in [0.5, 0.6) is 0 Å². The van der Waals surface area contributed by atoms with Crippen molar-refractivity contribution >= 4 is 11.7 Å². The van der Waals surface area contributed by atoms with Crippen LogP contribution in [0.15, 0.2) is 18.5 Å². The van der Waals surface area contributed by atoms with E-state index in [0.29, 0.717) is 25.1 Å². The molecule has 0 bridgehead atoms. The average molecular weight is 233 g/mol. The van der Waals surface area contributed by atoms with E-state index >= 15 is 0 Å². The molecule has 5 heteroatoms. The van der Waals surface area contributed by atoms with Gasteiger partial charge in [0.2, 0.25) is 0 Å². The van der Waals surface area contributed by atoms with Crippen molar-refractivity contribution in [2.75, 3.05) is 13.1 Å². The van der Waals surface area contributed by atoms with Crippen LogP contribution in [0.25, 0.3) is 0 Å². The van der Waals surface area contributed by atoms with Gasteiger partial charge in [-0.2, -0.15) is 10.2 Å². The van der Waals surface area contributed by atoms with Crippen molar-refractivity contribution in [3.8, 4) is 0 Å². The van der Waals surface area contributed by atoms with E-state index in [1.54, 1.807) is 11.0 Å². The van der Waals surface area contributed by atoms with Gasteiger partial charge in [0.1, 0.15) is 5.78 Å². The van der Waals surface area contributed by atoms with Crippen molar-refractivity contribution < 1.29 is 9.59 Å². The predicted molar refractivity (Wildman–Crippen MR) is 61.3 cm³/mol. The number of amides is 1. The largest absolute Gasteiger partial charge is 0.337 e. The van der Waals surface area contributed by atoms with Gasteiger partial charge in [-0.15, -0.1) is 0 Å². The summed E-state index contributed by atoms with van der Waals surface area (Å²) in [5.74, 6) is 0.192. The molecule has 90 valence electrons. The molecule has 1 aliphatic rings. The molecular weight excluding hydrogens is 218 g/mol. The van der Waals surface area contributed by atoms with Gasteiger partial charge in [0.15, 0.2) is 0 Å². The standard InChI is InChI=1S/C12H15N3O2/c1-2-9-8-15(6-4-11(9)16)12(17)10-3-5-13-14-7-10/h3,5,7,9H,2,4,6,8H2,1H3. The molecule has 0 spiro atoms. The maximum atomic E-state index is 12.1. The quantitative estimate of drug-likeness (QED) is 0.762. The van der Waals surface area contributed by atoms with Gasteiger partial charge in [-0.25, -0.2) is 0 Å². The zero-order valence-electron chi connectivity index (χ0n) is 9.80. The van der Waals surface area contributed by atoms with Crippen LogP contribution in [-0.4, -0.2) is 39.9 Å². The fraction of sp³-hybridized carbons (Fsp3) is 0.500. The highest BCUT2D eigenvalue weighted by Gasteiger charge is 2.28. The Morgan fingerprint density at radius 1 is 1.53 bits per heavy atom. The number of carbonyl (C=O) groups is 2. The Labute approximate surface area is 99.8 Å². The molecule has 1 fully saturated rings. The lowest BCUT2D eigenvalue weighted by Gasteiger charge is -2.31. The van der Waals surface area contributed by atoms with Crippen molar-refractivity contribution in [1.29, 1.82) is 0 Å². The molecule has 0 saturated carbocycles. The molecular formula is C12H15N3O2. The molecule has 17 heavy (non-hydrogen) atoms. The number of likely N-dealkylation sites (tertiary alicyclic amines) is 1. The molecule has 0 N–H and O–H groups in total. The van der Waals surface area contributed by atoms with E-state index in [1.807, 2.05) is 6.92 Å². The summed E-state index contributed by atoms with van der Waals surface area (Å²) in [6.45, 7) is 3.01. The third kappa shape index (κ3) is 2.49. The topological polar surface area (TPSA) is 63.2 Å². The number of carbonyl (C=O) groups excluding carboxylic acids is 2. The van der Waals surface area contributed by atoms with Crippen molar-refractivity contribution in [3.63, 3.8) is 0 Å². The number of ketones is 1. The molecule has 1 saturated heterocycles. The zero-order valence-corrected chi connectivity index (χ0v) is 9.80. The van der Waals surface area contributed by atoms with Crippen LogP contribution in [0, 0.1) is 5.92 Å². The summed E-state index contributed by atoms with van der Waals surface area (Å²) in [5, 5.41) is 7.33. The number of hydrogen-bond acceptors (Lipinski definition) is 4. The number of piperidine rings is 1. The van der Waals surface area contributed by atoms with Gasteiger partial charge in [-0.05, 0) is 12.5 Å². The van der Waals surface area contributed by atoms with Crippen LogP contribution < -0.4 is 0 Å². The van der Waals surface area contributed by atoms with Crippen molar-refractivity contribution in [3.05, 3.63) is 24.0 Å². The summed E-state index contributed by atoms with van der Waals surface area (Å²) in [7, 11) is 0. The molecule has 2 rings (SSSR count). The van der Waals surface area contributed by atoms with Gasteiger partial charge >= 0.3 is 0 Å². The van der Waals surface area contributed by atoms with E-state index in [9.17, 15) is 9.59 Å². The number of hydrogen-bond donors (Lipinski definition) is 0. The fourth-order valence-corrected chi connectivity index (χ4v) is 2.05. The van der Waals surface area contributed by atoms with E-state index in [2.05, 4.69) is 10.2 Å². The Balaban J connectivity index is 2.09. The minimum absolute atomic E-state index is 0.0116. The molecule has 2 heterocycles. The van der Waals surface area contributed by atoms with Gasteiger partial charge in [-0.3, -0.25) is 9.59 Å². The minimum Gasteiger partial charge on any atom is -0.337 e. The van der Waals surface area contributed by atoms with Crippen LogP contribution >= 0.6 is 0 Å². The van der Waals surface area contributed by atoms with Gasteiger partial charge in [0.05, 0.1) is 18.0 Å². The first kappa shape index (κ1) is 11.7. The predicted octanol–water partition coefficient (Wildman–Crippen LogP) is 0.918. The summed E-state index contributed by atoms with van der Waals surface area (Å²) < 4.78 is 0. The Bertz CT molecular complexity index is 419. The third-order valence-electron chi connectivity index (χ3n) is 3.14. The fourth-order valence-electron chi connectivity index (χ4n) is 2.05. The van der Waals surface area contributed by atoms with Crippen molar-refractivity contribution in [2.24, 2.45) is 5.92 Å². The first-order valence-electron chi connectivity index (χ1n) is 5.81. The molecule has 1 aromatic heterocycles. The molecule has 1 amide bonds. The summed E-state index contributed by atoms with van der Waals surface area (Å²) in [4.78, 5) is 25.4. The monoisotopic (exact) mass is 233 g/mol. The second-order valence-corrected chi connectivity index (χ2v) is 4.20. The average Bonchev–Trinajstić information content (AvgIpc) is 2.39. The molecule has 1 unspecified atom stereocenters.